The molecule has 2 aromatic heterocycles. The van der Waals surface area contributed by atoms with Gasteiger partial charge in [0, 0.05) is 48.1 Å². The van der Waals surface area contributed by atoms with Gasteiger partial charge in [0.05, 0.1) is 28.2 Å². The van der Waals surface area contributed by atoms with E-state index in [9.17, 15) is 0 Å². The van der Waals surface area contributed by atoms with Crippen LogP contribution in [0.5, 0.6) is 0 Å². The Morgan fingerprint density at radius 3 is 1.92 bits per heavy atom. The molecule has 9 aromatic carbocycles. The molecule has 1 aliphatic carbocycles. The Labute approximate surface area is 370 Å². The molecule has 1 aliphatic heterocycles. The van der Waals surface area contributed by atoms with Crippen molar-refractivity contribution in [2.75, 3.05) is 9.80 Å². The molecule has 11 aromatic rings. The van der Waals surface area contributed by atoms with Gasteiger partial charge in [-0.2, -0.15) is 0 Å². The van der Waals surface area contributed by atoms with Gasteiger partial charge in [-0.1, -0.05) is 146 Å². The van der Waals surface area contributed by atoms with Gasteiger partial charge in [-0.15, -0.1) is 11.3 Å². The molecule has 0 unspecified atom stereocenters. The summed E-state index contributed by atoms with van der Waals surface area (Å²) in [6.45, 7) is 4.32. The van der Waals surface area contributed by atoms with Crippen LogP contribution >= 0.6 is 11.3 Å². The van der Waals surface area contributed by atoms with Crippen molar-refractivity contribution in [2.24, 2.45) is 0 Å². The SMILES string of the molecule is Cc1cc(C)c2occ(N(c3ccc4c(c3)-c3ccccc3C43c4ccccc4N(c4ccccc4)c4ccccc43)c3ccccc3-c3cccc4c3sc3ccccc34)c2c1. The molecular weight excluding hydrogens is 785 g/mol. The maximum Gasteiger partial charge on any atom is 0.139 e. The van der Waals surface area contributed by atoms with E-state index in [1.165, 1.54) is 81.6 Å². The van der Waals surface area contributed by atoms with Crippen molar-refractivity contribution in [1.82, 2.24) is 0 Å². The summed E-state index contributed by atoms with van der Waals surface area (Å²) in [4.78, 5) is 4.88. The average Bonchev–Trinajstić information content (AvgIpc) is 4.01. The maximum absolute atomic E-state index is 6.53. The summed E-state index contributed by atoms with van der Waals surface area (Å²) >= 11 is 1.87. The summed E-state index contributed by atoms with van der Waals surface area (Å²) in [5.41, 5.74) is 19.4. The van der Waals surface area contributed by atoms with Crippen molar-refractivity contribution in [3.8, 4) is 22.3 Å². The third-order valence-corrected chi connectivity index (χ3v) is 14.7. The van der Waals surface area contributed by atoms with Gasteiger partial charge >= 0.3 is 0 Å². The van der Waals surface area contributed by atoms with Gasteiger partial charge in [0.15, 0.2) is 0 Å². The smallest absolute Gasteiger partial charge is 0.139 e. The van der Waals surface area contributed by atoms with Gasteiger partial charge < -0.3 is 14.2 Å². The fourth-order valence-electron chi connectivity index (χ4n) is 11.0. The largest absolute Gasteiger partial charge is 0.462 e. The lowest BCUT2D eigenvalue weighted by molar-refractivity contribution is 0.613. The summed E-state index contributed by atoms with van der Waals surface area (Å²) in [6.07, 6.45) is 1.96. The molecule has 0 saturated carbocycles. The Bertz CT molecular complexity index is 3590. The van der Waals surface area contributed by atoms with E-state index in [2.05, 4.69) is 224 Å². The lowest BCUT2D eigenvalue weighted by atomic mass is 9.64. The summed E-state index contributed by atoms with van der Waals surface area (Å²) < 4.78 is 9.12. The topological polar surface area (TPSA) is 19.6 Å². The number of rotatable bonds is 5. The van der Waals surface area contributed by atoms with Crippen LogP contribution in [0.1, 0.15) is 33.4 Å². The summed E-state index contributed by atoms with van der Waals surface area (Å²) in [5, 5.41) is 3.67. The summed E-state index contributed by atoms with van der Waals surface area (Å²) in [5.74, 6) is 0. The van der Waals surface area contributed by atoms with E-state index in [1.807, 2.05) is 17.6 Å². The fourth-order valence-corrected chi connectivity index (χ4v) is 12.2. The Balaban J connectivity index is 1.08. The fraction of sp³-hybridized carbons (Fsp3) is 0.0508. The number of para-hydroxylation sites is 4. The number of thiophene rings is 1. The molecule has 298 valence electrons. The Hall–Kier alpha value is -7.66. The molecule has 0 N–H and O–H groups in total. The molecule has 0 amide bonds. The Morgan fingerprint density at radius 1 is 0.476 bits per heavy atom. The molecule has 63 heavy (non-hydrogen) atoms. The third kappa shape index (κ3) is 5.07. The Morgan fingerprint density at radius 2 is 1.11 bits per heavy atom. The number of anilines is 6. The molecule has 0 bridgehead atoms. The zero-order valence-corrected chi connectivity index (χ0v) is 35.7. The predicted octanol–water partition coefficient (Wildman–Crippen LogP) is 16.7. The van der Waals surface area contributed by atoms with Gasteiger partial charge in [-0.05, 0) is 113 Å². The minimum Gasteiger partial charge on any atom is -0.462 e. The molecule has 13 rings (SSSR count). The van der Waals surface area contributed by atoms with Crippen molar-refractivity contribution in [3.63, 3.8) is 0 Å². The monoisotopic (exact) mass is 824 g/mol. The van der Waals surface area contributed by atoms with E-state index in [1.54, 1.807) is 0 Å². The van der Waals surface area contributed by atoms with Crippen LogP contribution in [0.4, 0.5) is 34.1 Å². The highest BCUT2D eigenvalue weighted by Crippen LogP contribution is 2.64. The van der Waals surface area contributed by atoms with Crippen LogP contribution in [-0.2, 0) is 5.41 Å². The summed E-state index contributed by atoms with van der Waals surface area (Å²) in [6, 6.07) is 74.0. The van der Waals surface area contributed by atoms with Crippen LogP contribution in [0.25, 0.3) is 53.4 Å². The number of fused-ring (bicyclic) bond motifs is 13. The van der Waals surface area contributed by atoms with Gasteiger partial charge in [-0.3, -0.25) is 0 Å². The first-order chi connectivity index (χ1) is 31.1. The van der Waals surface area contributed by atoms with Crippen LogP contribution in [-0.4, -0.2) is 0 Å². The van der Waals surface area contributed by atoms with Gasteiger partial charge in [0.25, 0.3) is 0 Å². The zero-order valence-electron chi connectivity index (χ0n) is 34.8. The van der Waals surface area contributed by atoms with E-state index >= 15 is 0 Å². The number of aryl methyl sites for hydroxylation is 2. The zero-order chi connectivity index (χ0) is 41.8. The van der Waals surface area contributed by atoms with Crippen molar-refractivity contribution >= 4 is 76.6 Å². The number of furan rings is 1. The second-order valence-corrected chi connectivity index (χ2v) is 18.0. The molecule has 3 nitrogen and oxygen atoms in total. The van der Waals surface area contributed by atoms with Crippen LogP contribution in [0.2, 0.25) is 0 Å². The number of hydrogen-bond donors (Lipinski definition) is 0. The van der Waals surface area contributed by atoms with E-state index in [0.717, 1.165) is 39.3 Å². The predicted molar refractivity (Wildman–Crippen MR) is 264 cm³/mol. The summed E-state index contributed by atoms with van der Waals surface area (Å²) in [7, 11) is 0. The number of nitrogens with zero attached hydrogens (tertiary/aromatic N) is 2. The third-order valence-electron chi connectivity index (χ3n) is 13.5. The van der Waals surface area contributed by atoms with Crippen molar-refractivity contribution < 1.29 is 4.42 Å². The average molecular weight is 825 g/mol. The molecule has 0 atom stereocenters. The quantitative estimate of drug-likeness (QED) is 0.172. The molecule has 0 fully saturated rings. The van der Waals surface area contributed by atoms with E-state index in [4.69, 9.17) is 4.42 Å². The minimum atomic E-state index is -0.543. The van der Waals surface area contributed by atoms with Crippen molar-refractivity contribution in [1.29, 1.82) is 0 Å². The van der Waals surface area contributed by atoms with E-state index in [-0.39, 0.29) is 0 Å². The molecular formula is C59H40N2OS. The first-order valence-corrected chi connectivity index (χ1v) is 22.5. The van der Waals surface area contributed by atoms with Gasteiger partial charge in [0.2, 0.25) is 0 Å². The lowest BCUT2D eigenvalue weighted by Gasteiger charge is -2.45. The minimum absolute atomic E-state index is 0.543. The molecule has 0 radical (unpaired) electrons. The molecule has 0 saturated heterocycles. The molecule has 3 heterocycles. The standard InChI is InChI=1S/C59H40N2OS/c1-37-33-38(2)57-47(34-37)55(36-62-57)61(52-27-12-7-20-42(52)44-22-16-23-45-43-21-8-15-30-56(43)63-58(44)45)40-31-32-49-46(35-40)41-19-6-9-24-48(41)59(49)50-25-10-13-28-53(50)60(39-17-4-3-5-18-39)54-29-14-11-26-51(54)59/h3-36H,1-2H3. The first-order valence-electron chi connectivity index (χ1n) is 21.7. The Kier molecular flexibility index (Phi) is 7.82. The highest BCUT2D eigenvalue weighted by molar-refractivity contribution is 7.26. The van der Waals surface area contributed by atoms with Crippen molar-refractivity contribution in [3.05, 3.63) is 240 Å². The van der Waals surface area contributed by atoms with Crippen LogP contribution in [0.15, 0.2) is 211 Å². The van der Waals surface area contributed by atoms with Crippen LogP contribution in [0, 0.1) is 13.8 Å². The highest BCUT2D eigenvalue weighted by Gasteiger charge is 2.51. The van der Waals surface area contributed by atoms with Gasteiger partial charge in [-0.25, -0.2) is 0 Å². The molecule has 2 aliphatic rings. The van der Waals surface area contributed by atoms with Crippen LogP contribution < -0.4 is 9.80 Å². The number of hydrogen-bond acceptors (Lipinski definition) is 4. The van der Waals surface area contributed by atoms with E-state index < -0.39 is 5.41 Å². The van der Waals surface area contributed by atoms with Crippen molar-refractivity contribution in [2.45, 2.75) is 19.3 Å². The first kappa shape index (κ1) is 36.0. The van der Waals surface area contributed by atoms with E-state index in [0.29, 0.717) is 0 Å². The van der Waals surface area contributed by atoms with Crippen LogP contribution in [0.3, 0.4) is 0 Å². The van der Waals surface area contributed by atoms with Gasteiger partial charge in [0.1, 0.15) is 11.8 Å². The number of benzene rings is 9. The molecule has 1 spiro atoms. The normalized spacial score (nSPS) is 13.3. The second-order valence-electron chi connectivity index (χ2n) is 16.9. The maximum atomic E-state index is 6.53. The lowest BCUT2D eigenvalue weighted by Crippen LogP contribution is -2.36. The molecule has 4 heteroatoms. The second kappa shape index (κ2) is 13.7. The highest BCUT2D eigenvalue weighted by atomic mass is 32.1.